The van der Waals surface area contributed by atoms with Gasteiger partial charge in [-0.2, -0.15) is 0 Å². The van der Waals surface area contributed by atoms with Crippen molar-refractivity contribution in [3.63, 3.8) is 0 Å². The minimum atomic E-state index is -0.396. The van der Waals surface area contributed by atoms with Crippen molar-refractivity contribution >= 4 is 17.3 Å². The molecular formula is C14H19ClN2O3. The maximum absolute atomic E-state index is 11.0. The fourth-order valence-electron chi connectivity index (χ4n) is 2.57. The summed E-state index contributed by atoms with van der Waals surface area (Å²) in [4.78, 5) is 10.6. The molecule has 0 saturated heterocycles. The summed E-state index contributed by atoms with van der Waals surface area (Å²) >= 11 is 5.89. The van der Waals surface area contributed by atoms with Gasteiger partial charge in [-0.1, -0.05) is 11.6 Å². The van der Waals surface area contributed by atoms with Crippen LogP contribution in [0.3, 0.4) is 0 Å². The molecule has 1 aromatic carbocycles. The molecule has 1 N–H and O–H groups in total. The minimum absolute atomic E-state index is 0.0679. The Hall–Kier alpha value is -1.17. The zero-order chi connectivity index (χ0) is 14.5. The first-order valence-corrected chi connectivity index (χ1v) is 7.19. The van der Waals surface area contributed by atoms with Gasteiger partial charge in [0.2, 0.25) is 0 Å². The van der Waals surface area contributed by atoms with Crippen LogP contribution < -0.4 is 5.32 Å². The number of nitrogens with zero attached hydrogens (tertiary/aromatic N) is 1. The fourth-order valence-corrected chi connectivity index (χ4v) is 2.77. The van der Waals surface area contributed by atoms with Gasteiger partial charge in [-0.25, -0.2) is 0 Å². The molecule has 0 amide bonds. The van der Waals surface area contributed by atoms with E-state index < -0.39 is 4.92 Å². The number of halogens is 1. The molecular weight excluding hydrogens is 280 g/mol. The van der Waals surface area contributed by atoms with Crippen LogP contribution in [0.1, 0.15) is 31.2 Å². The third-order valence-corrected chi connectivity index (χ3v) is 4.03. The van der Waals surface area contributed by atoms with Gasteiger partial charge in [0.15, 0.2) is 0 Å². The molecule has 5 nitrogen and oxygen atoms in total. The Kier molecular flexibility index (Phi) is 5.34. The number of nitro benzene ring substituents is 1. The maximum atomic E-state index is 11.0. The molecule has 110 valence electrons. The van der Waals surface area contributed by atoms with Gasteiger partial charge >= 0.3 is 0 Å². The second kappa shape index (κ2) is 7.02. The third-order valence-electron chi connectivity index (χ3n) is 3.80. The molecule has 0 bridgehead atoms. The largest absolute Gasteiger partial charge is 0.373 e. The predicted octanol–water partition coefficient (Wildman–Crippen LogP) is 3.30. The Bertz CT molecular complexity index is 473. The topological polar surface area (TPSA) is 64.4 Å². The molecule has 6 heteroatoms. The van der Waals surface area contributed by atoms with Gasteiger partial charge in [-0.15, -0.1) is 0 Å². The second-order valence-corrected chi connectivity index (χ2v) is 5.54. The number of nitro groups is 1. The number of rotatable bonds is 5. The van der Waals surface area contributed by atoms with Crippen molar-refractivity contribution in [2.75, 3.05) is 7.05 Å². The maximum Gasteiger partial charge on any atom is 0.275 e. The van der Waals surface area contributed by atoms with E-state index in [1.807, 2.05) is 7.05 Å². The monoisotopic (exact) mass is 298 g/mol. The average Bonchev–Trinajstić information content (AvgIpc) is 2.45. The van der Waals surface area contributed by atoms with E-state index in [0.29, 0.717) is 16.6 Å². The Morgan fingerprint density at radius 3 is 2.70 bits per heavy atom. The van der Waals surface area contributed by atoms with E-state index in [9.17, 15) is 10.1 Å². The first-order chi connectivity index (χ1) is 9.60. The lowest BCUT2D eigenvalue weighted by atomic mass is 9.93. The zero-order valence-corrected chi connectivity index (χ0v) is 12.2. The van der Waals surface area contributed by atoms with Gasteiger partial charge in [-0.3, -0.25) is 10.1 Å². The van der Waals surface area contributed by atoms with Crippen molar-refractivity contribution in [1.82, 2.24) is 5.32 Å². The van der Waals surface area contributed by atoms with E-state index in [4.69, 9.17) is 16.3 Å². The lowest BCUT2D eigenvalue weighted by molar-refractivity contribution is -0.386. The van der Waals surface area contributed by atoms with E-state index >= 15 is 0 Å². The molecule has 1 aromatic rings. The summed E-state index contributed by atoms with van der Waals surface area (Å²) in [5.74, 6) is 0. The molecule has 1 aliphatic carbocycles. The van der Waals surface area contributed by atoms with Gasteiger partial charge in [0, 0.05) is 17.1 Å². The number of benzene rings is 1. The highest BCUT2D eigenvalue weighted by Gasteiger charge is 2.22. The second-order valence-electron chi connectivity index (χ2n) is 5.10. The van der Waals surface area contributed by atoms with Crippen molar-refractivity contribution in [3.8, 4) is 0 Å². The van der Waals surface area contributed by atoms with E-state index in [0.717, 1.165) is 25.7 Å². The van der Waals surface area contributed by atoms with Crippen LogP contribution in [-0.4, -0.2) is 24.1 Å². The Labute approximate surface area is 123 Å². The van der Waals surface area contributed by atoms with Gasteiger partial charge < -0.3 is 10.1 Å². The summed E-state index contributed by atoms with van der Waals surface area (Å²) in [5.41, 5.74) is 0.608. The normalized spacial score (nSPS) is 22.7. The SMILES string of the molecule is CNC1CCC(OCc2cc(Cl)ccc2[N+](=O)[O-])CC1. The summed E-state index contributed by atoms with van der Waals surface area (Å²) in [6.45, 7) is 0.242. The molecule has 0 aromatic heterocycles. The van der Waals surface area contributed by atoms with Crippen LogP contribution in [-0.2, 0) is 11.3 Å². The molecule has 1 saturated carbocycles. The highest BCUT2D eigenvalue weighted by atomic mass is 35.5. The quantitative estimate of drug-likeness (QED) is 0.669. The van der Waals surface area contributed by atoms with Crippen LogP contribution in [0, 0.1) is 10.1 Å². The molecule has 1 aliphatic rings. The van der Waals surface area contributed by atoms with Crippen LogP contribution in [0.25, 0.3) is 0 Å². The van der Waals surface area contributed by atoms with Crippen LogP contribution in [0.2, 0.25) is 5.02 Å². The van der Waals surface area contributed by atoms with Crippen LogP contribution in [0.5, 0.6) is 0 Å². The van der Waals surface area contributed by atoms with E-state index in [1.54, 1.807) is 6.07 Å². The predicted molar refractivity (Wildman–Crippen MR) is 78.0 cm³/mol. The van der Waals surface area contributed by atoms with Crippen molar-refractivity contribution in [2.45, 2.75) is 44.4 Å². The Morgan fingerprint density at radius 1 is 1.40 bits per heavy atom. The summed E-state index contributed by atoms with van der Waals surface area (Å²) in [7, 11) is 1.97. The number of hydrogen-bond acceptors (Lipinski definition) is 4. The van der Waals surface area contributed by atoms with E-state index in [2.05, 4.69) is 5.32 Å². The summed E-state index contributed by atoms with van der Waals surface area (Å²) in [5, 5.41) is 14.7. The summed E-state index contributed by atoms with van der Waals surface area (Å²) in [6.07, 6.45) is 4.32. The molecule has 1 fully saturated rings. The summed E-state index contributed by atoms with van der Waals surface area (Å²) in [6, 6.07) is 5.13. The Balaban J connectivity index is 1.94. The molecule has 2 rings (SSSR count). The minimum Gasteiger partial charge on any atom is -0.373 e. The first-order valence-electron chi connectivity index (χ1n) is 6.82. The third kappa shape index (κ3) is 3.91. The van der Waals surface area contributed by atoms with Crippen molar-refractivity contribution in [2.24, 2.45) is 0 Å². The fraction of sp³-hybridized carbons (Fsp3) is 0.571. The standard InChI is InChI=1S/C14H19ClN2O3/c1-16-12-3-5-13(6-4-12)20-9-10-8-11(15)2-7-14(10)17(18)19/h2,7-8,12-13,16H,3-6,9H2,1H3. The molecule has 0 unspecified atom stereocenters. The highest BCUT2D eigenvalue weighted by molar-refractivity contribution is 6.30. The van der Waals surface area contributed by atoms with Gasteiger partial charge in [0.25, 0.3) is 5.69 Å². The Morgan fingerprint density at radius 2 is 2.10 bits per heavy atom. The van der Waals surface area contributed by atoms with Crippen LogP contribution >= 0.6 is 11.6 Å². The molecule has 0 heterocycles. The molecule has 0 atom stereocenters. The zero-order valence-electron chi connectivity index (χ0n) is 11.5. The highest BCUT2D eigenvalue weighted by Crippen LogP contribution is 2.26. The average molecular weight is 299 g/mol. The van der Waals surface area contributed by atoms with Crippen LogP contribution in [0.15, 0.2) is 18.2 Å². The molecule has 0 aliphatic heterocycles. The van der Waals surface area contributed by atoms with Gasteiger partial charge in [-0.05, 0) is 44.9 Å². The number of hydrogen-bond donors (Lipinski definition) is 1. The van der Waals surface area contributed by atoms with Gasteiger partial charge in [0.05, 0.1) is 23.2 Å². The van der Waals surface area contributed by atoms with Crippen molar-refractivity contribution < 1.29 is 9.66 Å². The molecule has 0 radical (unpaired) electrons. The van der Waals surface area contributed by atoms with E-state index in [-0.39, 0.29) is 18.4 Å². The summed E-state index contributed by atoms with van der Waals surface area (Å²) < 4.78 is 5.82. The smallest absolute Gasteiger partial charge is 0.275 e. The van der Waals surface area contributed by atoms with Crippen molar-refractivity contribution in [3.05, 3.63) is 38.9 Å². The van der Waals surface area contributed by atoms with Crippen LogP contribution in [0.4, 0.5) is 5.69 Å². The number of ether oxygens (including phenoxy) is 1. The molecule has 20 heavy (non-hydrogen) atoms. The lowest BCUT2D eigenvalue weighted by Crippen LogP contribution is -2.32. The molecule has 0 spiro atoms. The van der Waals surface area contributed by atoms with E-state index in [1.165, 1.54) is 12.1 Å². The van der Waals surface area contributed by atoms with Crippen molar-refractivity contribution in [1.29, 1.82) is 0 Å². The number of nitrogens with one attached hydrogen (secondary N) is 1. The first kappa shape index (κ1) is 15.2. The lowest BCUT2D eigenvalue weighted by Gasteiger charge is -2.28. The van der Waals surface area contributed by atoms with Gasteiger partial charge in [0.1, 0.15) is 0 Å².